The number of anilines is 1. The smallest absolute Gasteiger partial charge is 0.226 e. The first-order valence-electron chi connectivity index (χ1n) is 7.39. The van der Waals surface area contributed by atoms with Crippen LogP contribution in [-0.4, -0.2) is 29.9 Å². The van der Waals surface area contributed by atoms with Gasteiger partial charge < -0.3 is 16.4 Å². The van der Waals surface area contributed by atoms with Gasteiger partial charge in [-0.05, 0) is 31.5 Å². The van der Waals surface area contributed by atoms with Crippen LogP contribution in [0.5, 0.6) is 0 Å². The first-order chi connectivity index (χ1) is 10.2. The molecule has 0 unspecified atom stereocenters. The molecule has 0 radical (unpaired) electrons. The Kier molecular flexibility index (Phi) is 16.1. The molecule has 1 aromatic rings. The molecule has 0 aliphatic rings. The van der Waals surface area contributed by atoms with E-state index in [2.05, 4.69) is 15.6 Å². The van der Waals surface area contributed by atoms with Crippen LogP contribution in [-0.2, 0) is 9.59 Å². The minimum Gasteiger partial charge on any atom is -0.356 e. The van der Waals surface area contributed by atoms with Gasteiger partial charge in [-0.25, -0.2) is 0 Å². The SMILES string of the molecule is Cl.Cl.NCCCCCCC(=O)NCCC(=O)Nc1ccncc1. The monoisotopic (exact) mass is 364 g/mol. The van der Waals surface area contributed by atoms with Crippen molar-refractivity contribution < 1.29 is 9.59 Å². The second kappa shape index (κ2) is 15.5. The van der Waals surface area contributed by atoms with Crippen molar-refractivity contribution in [1.29, 1.82) is 0 Å². The maximum Gasteiger partial charge on any atom is 0.226 e. The molecule has 1 heterocycles. The summed E-state index contributed by atoms with van der Waals surface area (Å²) >= 11 is 0. The second-order valence-corrected chi connectivity index (χ2v) is 4.84. The number of nitrogens with zero attached hydrogens (tertiary/aromatic N) is 1. The molecule has 2 amide bonds. The number of carbonyl (C=O) groups is 2. The Morgan fingerprint density at radius 3 is 2.26 bits per heavy atom. The van der Waals surface area contributed by atoms with Crippen molar-refractivity contribution in [3.63, 3.8) is 0 Å². The summed E-state index contributed by atoms with van der Waals surface area (Å²) in [6, 6.07) is 3.44. The Morgan fingerprint density at radius 2 is 1.61 bits per heavy atom. The van der Waals surface area contributed by atoms with Crippen molar-refractivity contribution in [2.24, 2.45) is 5.73 Å². The first-order valence-corrected chi connectivity index (χ1v) is 7.39. The zero-order valence-corrected chi connectivity index (χ0v) is 14.8. The molecule has 0 saturated heterocycles. The summed E-state index contributed by atoms with van der Waals surface area (Å²) in [5, 5.41) is 5.49. The summed E-state index contributed by atoms with van der Waals surface area (Å²) in [7, 11) is 0. The fourth-order valence-electron chi connectivity index (χ4n) is 1.85. The molecule has 0 aromatic carbocycles. The lowest BCUT2D eigenvalue weighted by atomic mass is 10.1. The highest BCUT2D eigenvalue weighted by atomic mass is 35.5. The third kappa shape index (κ3) is 12.8. The van der Waals surface area contributed by atoms with E-state index in [1.54, 1.807) is 24.5 Å². The highest BCUT2D eigenvalue weighted by molar-refractivity contribution is 5.91. The van der Waals surface area contributed by atoms with Crippen molar-refractivity contribution in [3.8, 4) is 0 Å². The fourth-order valence-corrected chi connectivity index (χ4v) is 1.85. The minimum absolute atomic E-state index is 0. The Morgan fingerprint density at radius 1 is 0.957 bits per heavy atom. The van der Waals surface area contributed by atoms with Gasteiger partial charge in [0, 0.05) is 37.5 Å². The maximum atomic E-state index is 11.6. The van der Waals surface area contributed by atoms with Gasteiger partial charge in [-0.3, -0.25) is 14.6 Å². The summed E-state index contributed by atoms with van der Waals surface area (Å²) < 4.78 is 0. The molecule has 0 aliphatic heterocycles. The van der Waals surface area contributed by atoms with Gasteiger partial charge in [0.15, 0.2) is 0 Å². The summed E-state index contributed by atoms with van der Waals surface area (Å²) in [5.74, 6) is -0.121. The molecule has 0 aliphatic carbocycles. The van der Waals surface area contributed by atoms with Crippen LogP contribution >= 0.6 is 24.8 Å². The Bertz CT molecular complexity index is 433. The first kappa shape index (κ1) is 23.9. The standard InChI is InChI=1S/C15H24N4O2.2ClH/c16-9-4-2-1-3-5-14(20)18-12-8-15(21)19-13-6-10-17-11-7-13;;/h6-7,10-11H,1-5,8-9,12,16H2,(H,18,20)(H,17,19,21);2*1H. The van der Waals surface area contributed by atoms with Crippen LogP contribution in [0.2, 0.25) is 0 Å². The second-order valence-electron chi connectivity index (χ2n) is 4.84. The highest BCUT2D eigenvalue weighted by Gasteiger charge is 2.04. The number of hydrogen-bond acceptors (Lipinski definition) is 4. The largest absolute Gasteiger partial charge is 0.356 e. The number of rotatable bonds is 10. The zero-order chi connectivity index (χ0) is 15.3. The molecule has 4 N–H and O–H groups in total. The molecule has 23 heavy (non-hydrogen) atoms. The van der Waals surface area contributed by atoms with Gasteiger partial charge in [0.2, 0.25) is 11.8 Å². The lowest BCUT2D eigenvalue weighted by Crippen LogP contribution is -2.27. The Hall–Kier alpha value is -1.37. The molecule has 6 nitrogen and oxygen atoms in total. The van der Waals surface area contributed by atoms with E-state index < -0.39 is 0 Å². The molecule has 0 bridgehead atoms. The van der Waals surface area contributed by atoms with Crippen molar-refractivity contribution in [2.45, 2.75) is 38.5 Å². The fraction of sp³-hybridized carbons (Fsp3) is 0.533. The third-order valence-corrected chi connectivity index (χ3v) is 3.00. The number of carbonyl (C=O) groups excluding carboxylic acids is 2. The van der Waals surface area contributed by atoms with E-state index >= 15 is 0 Å². The van der Waals surface area contributed by atoms with Gasteiger partial charge >= 0.3 is 0 Å². The van der Waals surface area contributed by atoms with Crippen LogP contribution in [0, 0.1) is 0 Å². The van der Waals surface area contributed by atoms with Crippen molar-refractivity contribution in [3.05, 3.63) is 24.5 Å². The number of nitrogens with two attached hydrogens (primary N) is 1. The van der Waals surface area contributed by atoms with Gasteiger partial charge in [-0.2, -0.15) is 0 Å². The predicted molar refractivity (Wildman–Crippen MR) is 97.1 cm³/mol. The van der Waals surface area contributed by atoms with Crippen molar-refractivity contribution in [1.82, 2.24) is 10.3 Å². The molecule has 132 valence electrons. The van der Waals surface area contributed by atoms with E-state index in [-0.39, 0.29) is 43.0 Å². The maximum absolute atomic E-state index is 11.6. The average Bonchev–Trinajstić information content (AvgIpc) is 2.48. The highest BCUT2D eigenvalue weighted by Crippen LogP contribution is 2.04. The van der Waals surface area contributed by atoms with Crippen LogP contribution in [0.4, 0.5) is 5.69 Å². The summed E-state index contributed by atoms with van der Waals surface area (Å²) in [4.78, 5) is 27.0. The lowest BCUT2D eigenvalue weighted by molar-refractivity contribution is -0.121. The molecule has 0 atom stereocenters. The number of amides is 2. The van der Waals surface area contributed by atoms with Gasteiger partial charge in [0.05, 0.1) is 0 Å². The molecule has 8 heteroatoms. The lowest BCUT2D eigenvalue weighted by Gasteiger charge is -2.06. The Labute approximate surface area is 149 Å². The van der Waals surface area contributed by atoms with Crippen LogP contribution in [0.25, 0.3) is 0 Å². The summed E-state index contributed by atoms with van der Waals surface area (Å²) in [6.45, 7) is 1.07. The number of halogens is 2. The van der Waals surface area contributed by atoms with E-state index in [1.807, 2.05) is 0 Å². The molecule has 1 aromatic heterocycles. The van der Waals surface area contributed by atoms with E-state index in [1.165, 1.54) is 0 Å². The molecule has 1 rings (SSSR count). The summed E-state index contributed by atoms with van der Waals surface area (Å²) in [6.07, 6.45) is 7.97. The van der Waals surface area contributed by atoms with Gasteiger partial charge in [-0.1, -0.05) is 12.8 Å². The van der Waals surface area contributed by atoms with Crippen LogP contribution in [0.3, 0.4) is 0 Å². The molecular weight excluding hydrogens is 339 g/mol. The van der Waals surface area contributed by atoms with Crippen molar-refractivity contribution in [2.75, 3.05) is 18.4 Å². The number of aromatic nitrogens is 1. The molecular formula is C15H26Cl2N4O2. The number of unbranched alkanes of at least 4 members (excludes halogenated alkanes) is 3. The Balaban J connectivity index is 0. The molecule has 0 spiro atoms. The molecule has 0 saturated carbocycles. The third-order valence-electron chi connectivity index (χ3n) is 3.00. The zero-order valence-electron chi connectivity index (χ0n) is 13.1. The topological polar surface area (TPSA) is 97.1 Å². The molecule has 0 fully saturated rings. The number of pyridine rings is 1. The van der Waals surface area contributed by atoms with E-state index in [0.29, 0.717) is 25.2 Å². The van der Waals surface area contributed by atoms with Gasteiger partial charge in [0.1, 0.15) is 0 Å². The van der Waals surface area contributed by atoms with Crippen LogP contribution in [0.1, 0.15) is 38.5 Å². The van der Waals surface area contributed by atoms with Gasteiger partial charge in [0.25, 0.3) is 0 Å². The quantitative estimate of drug-likeness (QED) is 0.554. The number of nitrogens with one attached hydrogen (secondary N) is 2. The van der Waals surface area contributed by atoms with Crippen LogP contribution in [0.15, 0.2) is 24.5 Å². The van der Waals surface area contributed by atoms with E-state index in [9.17, 15) is 9.59 Å². The van der Waals surface area contributed by atoms with E-state index in [0.717, 1.165) is 25.7 Å². The summed E-state index contributed by atoms with van der Waals surface area (Å²) in [5.41, 5.74) is 6.11. The van der Waals surface area contributed by atoms with Crippen LogP contribution < -0.4 is 16.4 Å². The van der Waals surface area contributed by atoms with Gasteiger partial charge in [-0.15, -0.1) is 24.8 Å². The average molecular weight is 365 g/mol. The number of hydrogen-bond donors (Lipinski definition) is 3. The van der Waals surface area contributed by atoms with E-state index in [4.69, 9.17) is 5.73 Å². The normalized spacial score (nSPS) is 9.26. The van der Waals surface area contributed by atoms with Crippen molar-refractivity contribution >= 4 is 42.3 Å². The minimum atomic E-state index is -0.121. The predicted octanol–water partition coefficient (Wildman–Crippen LogP) is 2.28.